The first-order valence-corrected chi connectivity index (χ1v) is 10.0. The number of ether oxygens (including phenoxy) is 2. The zero-order valence-electron chi connectivity index (χ0n) is 15.3. The molecule has 1 fully saturated rings. The molecule has 0 atom stereocenters. The maximum Gasteiger partial charge on any atom is 0.263 e. The molecule has 3 rings (SSSR count). The first kappa shape index (κ1) is 19.2. The molecule has 2 aromatic carbocycles. The van der Waals surface area contributed by atoms with E-state index in [9.17, 15) is 13.2 Å². The van der Waals surface area contributed by atoms with Crippen molar-refractivity contribution in [3.8, 4) is 11.5 Å². The van der Waals surface area contributed by atoms with Crippen molar-refractivity contribution in [3.05, 3.63) is 48.0 Å². The van der Waals surface area contributed by atoms with Crippen LogP contribution in [0.4, 0.5) is 5.69 Å². The van der Waals surface area contributed by atoms with E-state index >= 15 is 0 Å². The molecule has 0 aliphatic carbocycles. The number of nitrogens with zero attached hydrogens (tertiary/aromatic N) is 1. The second-order valence-electron chi connectivity index (χ2n) is 6.13. The van der Waals surface area contributed by atoms with Crippen molar-refractivity contribution in [2.75, 3.05) is 32.6 Å². The largest absolute Gasteiger partial charge is 0.496 e. The maximum atomic E-state index is 12.7. The Morgan fingerprint density at radius 1 is 0.963 bits per heavy atom. The van der Waals surface area contributed by atoms with Crippen LogP contribution in [0.15, 0.2) is 47.4 Å². The normalized spacial score (nSPS) is 14.7. The summed E-state index contributed by atoms with van der Waals surface area (Å²) >= 11 is 0. The van der Waals surface area contributed by atoms with Crippen LogP contribution in [-0.4, -0.2) is 45.9 Å². The van der Waals surface area contributed by atoms with Gasteiger partial charge in [0.15, 0.2) is 0 Å². The van der Waals surface area contributed by atoms with E-state index in [0.29, 0.717) is 30.3 Å². The number of amides is 1. The minimum atomic E-state index is -3.48. The molecule has 2 aromatic rings. The quantitative estimate of drug-likeness (QED) is 0.820. The molecule has 0 aromatic heterocycles. The van der Waals surface area contributed by atoms with Gasteiger partial charge in [-0.1, -0.05) is 6.07 Å². The van der Waals surface area contributed by atoms with Crippen molar-refractivity contribution in [2.45, 2.75) is 17.7 Å². The van der Waals surface area contributed by atoms with Crippen molar-refractivity contribution in [2.24, 2.45) is 0 Å². The number of sulfonamides is 1. The van der Waals surface area contributed by atoms with Gasteiger partial charge in [-0.15, -0.1) is 0 Å². The van der Waals surface area contributed by atoms with Crippen molar-refractivity contribution < 1.29 is 22.7 Å². The smallest absolute Gasteiger partial charge is 0.263 e. The van der Waals surface area contributed by atoms with Crippen LogP contribution in [0.5, 0.6) is 11.5 Å². The van der Waals surface area contributed by atoms with Crippen LogP contribution < -0.4 is 14.8 Å². The van der Waals surface area contributed by atoms with Crippen molar-refractivity contribution in [1.29, 1.82) is 0 Å². The Bertz CT molecular complexity index is 897. The second kappa shape index (κ2) is 7.98. The van der Waals surface area contributed by atoms with Gasteiger partial charge in [-0.05, 0) is 49.2 Å². The molecule has 1 saturated heterocycles. The monoisotopic (exact) mass is 390 g/mol. The van der Waals surface area contributed by atoms with E-state index in [0.717, 1.165) is 12.8 Å². The molecule has 1 aliphatic rings. The van der Waals surface area contributed by atoms with E-state index in [-0.39, 0.29) is 10.5 Å². The molecule has 27 heavy (non-hydrogen) atoms. The van der Waals surface area contributed by atoms with Crippen LogP contribution in [0.25, 0.3) is 0 Å². The number of methoxy groups -OCH3 is 2. The molecule has 1 heterocycles. The maximum absolute atomic E-state index is 12.7. The fraction of sp³-hybridized carbons (Fsp3) is 0.316. The lowest BCUT2D eigenvalue weighted by molar-refractivity contribution is 0.102. The van der Waals surface area contributed by atoms with Gasteiger partial charge >= 0.3 is 0 Å². The zero-order valence-corrected chi connectivity index (χ0v) is 16.1. The lowest BCUT2D eigenvalue weighted by Gasteiger charge is -2.16. The first-order valence-electron chi connectivity index (χ1n) is 8.60. The van der Waals surface area contributed by atoms with E-state index in [4.69, 9.17) is 9.47 Å². The number of nitrogens with one attached hydrogen (secondary N) is 1. The minimum Gasteiger partial charge on any atom is -0.496 e. The van der Waals surface area contributed by atoms with Gasteiger partial charge in [0.05, 0.1) is 19.1 Å². The van der Waals surface area contributed by atoms with Gasteiger partial charge in [-0.2, -0.15) is 4.31 Å². The lowest BCUT2D eigenvalue weighted by atomic mass is 10.1. The SMILES string of the molecule is COc1cccc(OC)c1C(=O)Nc1ccc(S(=O)(=O)N2CCCC2)cc1. The highest BCUT2D eigenvalue weighted by atomic mass is 32.2. The average Bonchev–Trinajstić information content (AvgIpc) is 3.23. The van der Waals surface area contributed by atoms with Crippen LogP contribution in [0.1, 0.15) is 23.2 Å². The average molecular weight is 390 g/mol. The van der Waals surface area contributed by atoms with Crippen molar-refractivity contribution in [1.82, 2.24) is 4.31 Å². The predicted octanol–water partition coefficient (Wildman–Crippen LogP) is 2.74. The highest BCUT2D eigenvalue weighted by Gasteiger charge is 2.27. The summed E-state index contributed by atoms with van der Waals surface area (Å²) in [4.78, 5) is 12.9. The number of benzene rings is 2. The highest BCUT2D eigenvalue weighted by Crippen LogP contribution is 2.29. The van der Waals surface area contributed by atoms with E-state index in [1.165, 1.54) is 30.7 Å². The molecule has 144 valence electrons. The van der Waals surface area contributed by atoms with Gasteiger partial charge in [0.25, 0.3) is 5.91 Å². The number of anilines is 1. The van der Waals surface area contributed by atoms with Gasteiger partial charge in [0.2, 0.25) is 10.0 Å². The molecular weight excluding hydrogens is 368 g/mol. The fourth-order valence-corrected chi connectivity index (χ4v) is 4.57. The third-order valence-corrected chi connectivity index (χ3v) is 6.38. The Morgan fingerprint density at radius 3 is 2.04 bits per heavy atom. The molecule has 8 heteroatoms. The molecule has 0 radical (unpaired) electrons. The van der Waals surface area contributed by atoms with E-state index in [2.05, 4.69) is 5.32 Å². The standard InChI is InChI=1S/C19H22N2O5S/c1-25-16-6-5-7-17(26-2)18(16)19(22)20-14-8-10-15(11-9-14)27(23,24)21-12-3-4-13-21/h5-11H,3-4,12-13H2,1-2H3,(H,20,22). The highest BCUT2D eigenvalue weighted by molar-refractivity contribution is 7.89. The van der Waals surface area contributed by atoms with Crippen LogP contribution in [-0.2, 0) is 10.0 Å². The molecule has 0 unspecified atom stereocenters. The zero-order chi connectivity index (χ0) is 19.4. The third kappa shape index (κ3) is 3.91. The summed E-state index contributed by atoms with van der Waals surface area (Å²) in [6, 6.07) is 11.2. The first-order chi connectivity index (χ1) is 13.0. The fourth-order valence-electron chi connectivity index (χ4n) is 3.06. The number of hydrogen-bond donors (Lipinski definition) is 1. The number of carbonyl (C=O) groups excluding carboxylic acids is 1. The number of rotatable bonds is 6. The number of carbonyl (C=O) groups is 1. The van der Waals surface area contributed by atoms with Gasteiger partial charge in [0, 0.05) is 18.8 Å². The summed E-state index contributed by atoms with van der Waals surface area (Å²) in [6.07, 6.45) is 1.77. The van der Waals surface area contributed by atoms with Gasteiger partial charge in [0.1, 0.15) is 17.1 Å². The Morgan fingerprint density at radius 2 is 1.52 bits per heavy atom. The van der Waals surface area contributed by atoms with Crippen molar-refractivity contribution in [3.63, 3.8) is 0 Å². The molecule has 1 aliphatic heterocycles. The van der Waals surface area contributed by atoms with Gasteiger partial charge < -0.3 is 14.8 Å². The van der Waals surface area contributed by atoms with Crippen molar-refractivity contribution >= 4 is 21.6 Å². The van der Waals surface area contributed by atoms with E-state index in [1.807, 2.05) is 0 Å². The molecule has 1 amide bonds. The summed E-state index contributed by atoms with van der Waals surface area (Å²) in [5.41, 5.74) is 0.754. The Kier molecular flexibility index (Phi) is 5.67. The topological polar surface area (TPSA) is 84.9 Å². The summed E-state index contributed by atoms with van der Waals surface area (Å²) in [5, 5.41) is 2.75. The Balaban J connectivity index is 1.80. The number of hydrogen-bond acceptors (Lipinski definition) is 5. The van der Waals surface area contributed by atoms with E-state index in [1.54, 1.807) is 30.3 Å². The molecule has 0 spiro atoms. The molecule has 0 bridgehead atoms. The van der Waals surface area contributed by atoms with E-state index < -0.39 is 15.9 Å². The second-order valence-corrected chi connectivity index (χ2v) is 8.07. The predicted molar refractivity (Wildman–Crippen MR) is 102 cm³/mol. The summed E-state index contributed by atoms with van der Waals surface area (Å²) in [5.74, 6) is 0.375. The molecular formula is C19H22N2O5S. The molecule has 7 nitrogen and oxygen atoms in total. The molecule has 0 saturated carbocycles. The summed E-state index contributed by atoms with van der Waals surface area (Å²) in [7, 11) is -0.525. The minimum absolute atomic E-state index is 0.220. The lowest BCUT2D eigenvalue weighted by Crippen LogP contribution is -2.27. The molecule has 1 N–H and O–H groups in total. The Labute approximate surface area is 158 Å². The third-order valence-electron chi connectivity index (χ3n) is 4.47. The van der Waals surface area contributed by atoms with Crippen LogP contribution in [0, 0.1) is 0 Å². The summed E-state index contributed by atoms with van der Waals surface area (Å²) in [6.45, 7) is 1.10. The van der Waals surface area contributed by atoms with Gasteiger partial charge in [-0.3, -0.25) is 4.79 Å². The summed E-state index contributed by atoms with van der Waals surface area (Å²) < 4.78 is 37.1. The van der Waals surface area contributed by atoms with Crippen LogP contribution in [0.2, 0.25) is 0 Å². The van der Waals surface area contributed by atoms with Crippen LogP contribution in [0.3, 0.4) is 0 Å². The Hall–Kier alpha value is -2.58. The van der Waals surface area contributed by atoms with Gasteiger partial charge in [-0.25, -0.2) is 8.42 Å². The van der Waals surface area contributed by atoms with Crippen LogP contribution >= 0.6 is 0 Å².